The maximum atomic E-state index is 12.9. The molecule has 0 bridgehead atoms. The molecule has 1 aliphatic heterocycles. The van der Waals surface area contributed by atoms with Crippen molar-refractivity contribution in [1.82, 2.24) is 4.90 Å². The van der Waals surface area contributed by atoms with Gasteiger partial charge in [-0.1, -0.05) is 12.1 Å². The molecule has 2 aliphatic rings. The molecule has 0 aromatic heterocycles. The fourth-order valence-corrected chi connectivity index (χ4v) is 2.80. The maximum Gasteiger partial charge on any atom is 0.226 e. The molecule has 3 atom stereocenters. The van der Waals surface area contributed by atoms with Gasteiger partial charge in [0.15, 0.2) is 0 Å². The first kappa shape index (κ1) is 12.6. The van der Waals surface area contributed by atoms with Crippen LogP contribution in [0.5, 0.6) is 0 Å². The molecule has 1 aromatic rings. The maximum absolute atomic E-state index is 12.9. The average Bonchev–Trinajstić information content (AvgIpc) is 3.19. The Morgan fingerprint density at radius 2 is 2.11 bits per heavy atom. The zero-order valence-electron chi connectivity index (χ0n) is 11.0. The molecule has 0 radical (unpaired) electrons. The molecule has 1 saturated heterocycles. The number of halogens is 1. The van der Waals surface area contributed by atoms with Crippen molar-refractivity contribution >= 4 is 5.91 Å². The van der Waals surface area contributed by atoms with Crippen LogP contribution in [0.3, 0.4) is 0 Å². The molecule has 1 amide bonds. The third-order valence-corrected chi connectivity index (χ3v) is 3.96. The lowest BCUT2D eigenvalue weighted by Gasteiger charge is -2.31. The number of hydrogen-bond donors (Lipinski definition) is 0. The van der Waals surface area contributed by atoms with E-state index in [0.29, 0.717) is 19.7 Å². The minimum Gasteiger partial charge on any atom is -0.375 e. The Morgan fingerprint density at radius 3 is 2.79 bits per heavy atom. The number of morpholine rings is 1. The standard InChI is InChI=1S/C15H18FNO2/c1-10-9-17(6-7-19-10)15(18)14-8-13(14)11-2-4-12(16)5-3-11/h2-5,10,13-14H,6-9H2,1H3. The van der Waals surface area contributed by atoms with Crippen LogP contribution in [-0.2, 0) is 9.53 Å². The van der Waals surface area contributed by atoms with Crippen LogP contribution in [-0.4, -0.2) is 36.6 Å². The van der Waals surface area contributed by atoms with Crippen LogP contribution in [0.2, 0.25) is 0 Å². The molecule has 1 heterocycles. The van der Waals surface area contributed by atoms with E-state index >= 15 is 0 Å². The van der Waals surface area contributed by atoms with Gasteiger partial charge in [-0.25, -0.2) is 4.39 Å². The number of hydrogen-bond acceptors (Lipinski definition) is 2. The van der Waals surface area contributed by atoms with Crippen LogP contribution in [0.15, 0.2) is 24.3 Å². The van der Waals surface area contributed by atoms with E-state index in [1.807, 2.05) is 11.8 Å². The van der Waals surface area contributed by atoms with Crippen molar-refractivity contribution in [2.24, 2.45) is 5.92 Å². The summed E-state index contributed by atoms with van der Waals surface area (Å²) in [7, 11) is 0. The van der Waals surface area contributed by atoms with E-state index in [2.05, 4.69) is 0 Å². The van der Waals surface area contributed by atoms with Crippen molar-refractivity contribution in [3.8, 4) is 0 Å². The topological polar surface area (TPSA) is 29.5 Å². The Morgan fingerprint density at radius 1 is 1.37 bits per heavy atom. The van der Waals surface area contributed by atoms with E-state index in [1.54, 1.807) is 12.1 Å². The summed E-state index contributed by atoms with van der Waals surface area (Å²) in [5, 5.41) is 0. The molecule has 1 aliphatic carbocycles. The molecule has 3 rings (SSSR count). The van der Waals surface area contributed by atoms with Crippen molar-refractivity contribution in [3.05, 3.63) is 35.6 Å². The Balaban J connectivity index is 1.62. The minimum atomic E-state index is -0.228. The number of carbonyl (C=O) groups is 1. The van der Waals surface area contributed by atoms with Gasteiger partial charge in [0.25, 0.3) is 0 Å². The van der Waals surface area contributed by atoms with Crippen molar-refractivity contribution in [3.63, 3.8) is 0 Å². The summed E-state index contributed by atoms with van der Waals surface area (Å²) in [6.07, 6.45) is 1.01. The third-order valence-electron chi connectivity index (χ3n) is 3.96. The Kier molecular flexibility index (Phi) is 3.27. The highest BCUT2D eigenvalue weighted by molar-refractivity contribution is 5.83. The van der Waals surface area contributed by atoms with Gasteiger partial charge in [-0.2, -0.15) is 0 Å². The summed E-state index contributed by atoms with van der Waals surface area (Å²) in [6, 6.07) is 6.50. The highest BCUT2D eigenvalue weighted by Crippen LogP contribution is 2.48. The second-order valence-corrected chi connectivity index (χ2v) is 5.47. The number of amides is 1. The number of ether oxygens (including phenoxy) is 1. The van der Waals surface area contributed by atoms with Crippen molar-refractivity contribution in [2.75, 3.05) is 19.7 Å². The molecule has 1 saturated carbocycles. The molecular formula is C15H18FNO2. The number of carbonyl (C=O) groups excluding carboxylic acids is 1. The fourth-order valence-electron chi connectivity index (χ4n) is 2.80. The number of benzene rings is 1. The smallest absolute Gasteiger partial charge is 0.226 e. The van der Waals surface area contributed by atoms with Gasteiger partial charge in [0, 0.05) is 19.0 Å². The largest absolute Gasteiger partial charge is 0.375 e. The Bertz CT molecular complexity index is 474. The summed E-state index contributed by atoms with van der Waals surface area (Å²) in [4.78, 5) is 14.3. The van der Waals surface area contributed by atoms with Gasteiger partial charge in [0.2, 0.25) is 5.91 Å². The first-order chi connectivity index (χ1) is 9.15. The van der Waals surface area contributed by atoms with Crippen molar-refractivity contribution in [1.29, 1.82) is 0 Å². The van der Waals surface area contributed by atoms with E-state index in [0.717, 1.165) is 12.0 Å². The molecule has 2 fully saturated rings. The van der Waals surface area contributed by atoms with E-state index < -0.39 is 0 Å². The normalized spacial score (nSPS) is 30.2. The zero-order chi connectivity index (χ0) is 13.4. The second-order valence-electron chi connectivity index (χ2n) is 5.47. The van der Waals surface area contributed by atoms with Gasteiger partial charge >= 0.3 is 0 Å². The second kappa shape index (κ2) is 4.93. The summed E-state index contributed by atoms with van der Waals surface area (Å²) in [5.74, 6) is 0.348. The zero-order valence-corrected chi connectivity index (χ0v) is 11.0. The highest BCUT2D eigenvalue weighted by Gasteiger charge is 2.46. The van der Waals surface area contributed by atoms with Crippen molar-refractivity contribution < 1.29 is 13.9 Å². The van der Waals surface area contributed by atoms with Gasteiger partial charge in [-0.3, -0.25) is 4.79 Å². The molecular weight excluding hydrogens is 245 g/mol. The SMILES string of the molecule is CC1CN(C(=O)C2CC2c2ccc(F)cc2)CCO1. The van der Waals surface area contributed by atoms with Crippen LogP contribution in [0.1, 0.15) is 24.8 Å². The summed E-state index contributed by atoms with van der Waals surface area (Å²) in [6.45, 7) is 3.99. The van der Waals surface area contributed by atoms with E-state index in [4.69, 9.17) is 4.74 Å². The number of rotatable bonds is 2. The predicted octanol–water partition coefficient (Wildman–Crippen LogP) is 2.18. The summed E-state index contributed by atoms with van der Waals surface area (Å²) < 4.78 is 18.3. The highest BCUT2D eigenvalue weighted by atomic mass is 19.1. The van der Waals surface area contributed by atoms with E-state index in [-0.39, 0.29) is 29.7 Å². The quantitative estimate of drug-likeness (QED) is 0.818. The van der Waals surface area contributed by atoms with Crippen LogP contribution in [0.4, 0.5) is 4.39 Å². The molecule has 3 nitrogen and oxygen atoms in total. The van der Waals surface area contributed by atoms with Crippen LogP contribution >= 0.6 is 0 Å². The number of nitrogens with zero attached hydrogens (tertiary/aromatic N) is 1. The average molecular weight is 263 g/mol. The van der Waals surface area contributed by atoms with Crippen LogP contribution < -0.4 is 0 Å². The molecule has 0 N–H and O–H groups in total. The van der Waals surface area contributed by atoms with Gasteiger partial charge in [-0.15, -0.1) is 0 Å². The van der Waals surface area contributed by atoms with Crippen LogP contribution in [0.25, 0.3) is 0 Å². The molecule has 19 heavy (non-hydrogen) atoms. The minimum absolute atomic E-state index is 0.0794. The van der Waals surface area contributed by atoms with Crippen LogP contribution in [0, 0.1) is 11.7 Å². The third kappa shape index (κ3) is 2.63. The molecule has 102 valence electrons. The summed E-state index contributed by atoms with van der Waals surface area (Å²) in [5.41, 5.74) is 1.07. The monoisotopic (exact) mass is 263 g/mol. The molecule has 1 aromatic carbocycles. The lowest BCUT2D eigenvalue weighted by atomic mass is 10.1. The Hall–Kier alpha value is -1.42. The lowest BCUT2D eigenvalue weighted by molar-refractivity contribution is -0.139. The first-order valence-corrected chi connectivity index (χ1v) is 6.81. The van der Waals surface area contributed by atoms with Gasteiger partial charge in [-0.05, 0) is 37.0 Å². The molecule has 3 unspecified atom stereocenters. The fraction of sp³-hybridized carbons (Fsp3) is 0.533. The van der Waals surface area contributed by atoms with Crippen molar-refractivity contribution in [2.45, 2.75) is 25.4 Å². The first-order valence-electron chi connectivity index (χ1n) is 6.81. The molecule has 0 spiro atoms. The van der Waals surface area contributed by atoms with Gasteiger partial charge < -0.3 is 9.64 Å². The summed E-state index contributed by atoms with van der Waals surface area (Å²) >= 11 is 0. The molecule has 4 heteroatoms. The lowest BCUT2D eigenvalue weighted by Crippen LogP contribution is -2.45. The van der Waals surface area contributed by atoms with Gasteiger partial charge in [0.05, 0.1) is 12.7 Å². The van der Waals surface area contributed by atoms with Gasteiger partial charge in [0.1, 0.15) is 5.82 Å². The van der Waals surface area contributed by atoms with E-state index in [9.17, 15) is 9.18 Å². The Labute approximate surface area is 112 Å². The predicted molar refractivity (Wildman–Crippen MR) is 69.2 cm³/mol. The van der Waals surface area contributed by atoms with E-state index in [1.165, 1.54) is 12.1 Å².